The molecule has 0 spiro atoms. The summed E-state index contributed by atoms with van der Waals surface area (Å²) >= 11 is 0. The van der Waals surface area contributed by atoms with Crippen LogP contribution >= 0.6 is 0 Å². The molecule has 2 aromatic carbocycles. The number of aryl methyl sites for hydroxylation is 2. The molecule has 1 aromatic heterocycles. The Hall–Kier alpha value is -1.84. The Balaban J connectivity index is 1.60. The number of benzene rings is 2. The third-order valence-electron chi connectivity index (χ3n) is 5.82. The molecule has 0 saturated heterocycles. The van der Waals surface area contributed by atoms with Gasteiger partial charge in [-0.1, -0.05) is 42.5 Å². The maximum absolute atomic E-state index is 10.7. The quantitative estimate of drug-likeness (QED) is 0.700. The minimum Gasteiger partial charge on any atom is -0.390 e. The summed E-state index contributed by atoms with van der Waals surface area (Å²) in [6, 6.07) is 13.8. The molecule has 1 saturated carbocycles. The van der Waals surface area contributed by atoms with Crippen LogP contribution in [0.15, 0.2) is 36.4 Å². The van der Waals surface area contributed by atoms with Gasteiger partial charge < -0.3 is 15.0 Å². The van der Waals surface area contributed by atoms with Crippen LogP contribution in [0.3, 0.4) is 0 Å². The van der Waals surface area contributed by atoms with Crippen LogP contribution in [0.5, 0.6) is 0 Å². The lowest BCUT2D eigenvalue weighted by molar-refractivity contribution is 0.147. The van der Waals surface area contributed by atoms with Gasteiger partial charge in [-0.3, -0.25) is 0 Å². The number of aliphatic hydroxyl groups is 1. The van der Waals surface area contributed by atoms with Gasteiger partial charge in [-0.15, -0.1) is 0 Å². The normalized spacial score (nSPS) is 17.2. The molecule has 4 rings (SSSR count). The number of fused-ring (bicyclic) bond motifs is 3. The van der Waals surface area contributed by atoms with Crippen LogP contribution in [-0.4, -0.2) is 28.4 Å². The fourth-order valence-corrected chi connectivity index (χ4v) is 4.41. The van der Waals surface area contributed by atoms with Crippen molar-refractivity contribution >= 4 is 21.8 Å². The van der Waals surface area contributed by atoms with Gasteiger partial charge >= 0.3 is 0 Å². The summed E-state index contributed by atoms with van der Waals surface area (Å²) in [5, 5.41) is 16.9. The Morgan fingerprint density at radius 3 is 2.12 bits per heavy atom. The first-order valence-corrected chi connectivity index (χ1v) is 10.0. The van der Waals surface area contributed by atoms with E-state index in [0.29, 0.717) is 19.1 Å². The van der Waals surface area contributed by atoms with E-state index in [-0.39, 0.29) is 6.10 Å². The Bertz CT molecular complexity index is 846. The number of aliphatic hydroxyl groups excluding tert-OH is 1. The van der Waals surface area contributed by atoms with Crippen molar-refractivity contribution in [2.45, 2.75) is 64.6 Å². The van der Waals surface area contributed by atoms with Gasteiger partial charge in [-0.25, -0.2) is 0 Å². The van der Waals surface area contributed by atoms with Crippen LogP contribution in [0.25, 0.3) is 21.8 Å². The van der Waals surface area contributed by atoms with Crippen LogP contribution < -0.4 is 5.32 Å². The summed E-state index contributed by atoms with van der Waals surface area (Å²) in [4.78, 5) is 0. The van der Waals surface area contributed by atoms with Gasteiger partial charge in [0.2, 0.25) is 0 Å². The minimum atomic E-state index is -0.377. The van der Waals surface area contributed by atoms with Crippen molar-refractivity contribution in [3.8, 4) is 0 Å². The molecule has 3 aromatic rings. The molecule has 1 fully saturated rings. The van der Waals surface area contributed by atoms with E-state index in [1.54, 1.807) is 0 Å². The lowest BCUT2D eigenvalue weighted by atomic mass is 9.95. The molecule has 3 heteroatoms. The summed E-state index contributed by atoms with van der Waals surface area (Å²) in [7, 11) is 0. The third-order valence-corrected chi connectivity index (χ3v) is 5.82. The topological polar surface area (TPSA) is 37.2 Å². The minimum absolute atomic E-state index is 0.377. The van der Waals surface area contributed by atoms with Crippen molar-refractivity contribution in [3.63, 3.8) is 0 Å². The van der Waals surface area contributed by atoms with Crippen LogP contribution in [0.1, 0.15) is 43.2 Å². The van der Waals surface area contributed by atoms with Crippen LogP contribution in [0, 0.1) is 13.8 Å². The number of hydrogen-bond acceptors (Lipinski definition) is 2. The van der Waals surface area contributed by atoms with Crippen molar-refractivity contribution in [1.82, 2.24) is 9.88 Å². The first-order valence-electron chi connectivity index (χ1n) is 10.0. The molecule has 1 aliphatic rings. The predicted molar refractivity (Wildman–Crippen MR) is 110 cm³/mol. The fourth-order valence-electron chi connectivity index (χ4n) is 4.41. The molecule has 0 bridgehead atoms. The van der Waals surface area contributed by atoms with E-state index in [9.17, 15) is 5.11 Å². The zero-order chi connectivity index (χ0) is 18.1. The van der Waals surface area contributed by atoms with E-state index >= 15 is 0 Å². The number of aromatic nitrogens is 1. The molecule has 0 radical (unpaired) electrons. The molecular formula is C23H30N2O. The zero-order valence-corrected chi connectivity index (χ0v) is 16.0. The van der Waals surface area contributed by atoms with Crippen LogP contribution in [0.4, 0.5) is 0 Å². The van der Waals surface area contributed by atoms with Gasteiger partial charge in [0.1, 0.15) is 0 Å². The largest absolute Gasteiger partial charge is 0.390 e. The van der Waals surface area contributed by atoms with Crippen molar-refractivity contribution in [2.24, 2.45) is 0 Å². The van der Waals surface area contributed by atoms with Crippen molar-refractivity contribution in [3.05, 3.63) is 47.5 Å². The van der Waals surface area contributed by atoms with Gasteiger partial charge in [-0.05, 0) is 51.0 Å². The fraction of sp³-hybridized carbons (Fsp3) is 0.478. The Morgan fingerprint density at radius 2 is 1.54 bits per heavy atom. The zero-order valence-electron chi connectivity index (χ0n) is 16.0. The third kappa shape index (κ3) is 3.51. The molecule has 3 nitrogen and oxygen atoms in total. The average molecular weight is 351 g/mol. The van der Waals surface area contributed by atoms with Gasteiger partial charge in [0, 0.05) is 34.4 Å². The summed E-state index contributed by atoms with van der Waals surface area (Å²) in [6.45, 7) is 5.58. The number of hydrogen-bond donors (Lipinski definition) is 2. The summed E-state index contributed by atoms with van der Waals surface area (Å²) in [6.07, 6.45) is 6.12. The first-order chi connectivity index (χ1) is 12.6. The second kappa shape index (κ2) is 7.42. The van der Waals surface area contributed by atoms with Gasteiger partial charge in [0.25, 0.3) is 0 Å². The molecule has 1 aliphatic carbocycles. The highest BCUT2D eigenvalue weighted by molar-refractivity contribution is 6.08. The standard InChI is InChI=1S/C23H30N2O/c1-16-8-10-22-20(12-16)21-13-17(2)9-11-23(21)25(22)15-19(26)14-24-18-6-4-3-5-7-18/h8-13,18-19,24,26H,3-7,14-15H2,1-2H3. The van der Waals surface area contributed by atoms with E-state index in [1.807, 2.05) is 0 Å². The van der Waals surface area contributed by atoms with E-state index in [0.717, 1.165) is 0 Å². The molecule has 26 heavy (non-hydrogen) atoms. The monoisotopic (exact) mass is 350 g/mol. The smallest absolute Gasteiger partial charge is 0.0843 e. The van der Waals surface area contributed by atoms with E-state index in [2.05, 4.69) is 60.1 Å². The predicted octanol–water partition coefficient (Wildman–Crippen LogP) is 4.69. The number of rotatable bonds is 5. The second-order valence-corrected chi connectivity index (χ2v) is 8.05. The van der Waals surface area contributed by atoms with Gasteiger partial charge in [0.05, 0.1) is 12.6 Å². The molecule has 1 heterocycles. The molecule has 2 N–H and O–H groups in total. The average Bonchev–Trinajstić information content (AvgIpc) is 2.93. The molecule has 138 valence electrons. The highest BCUT2D eigenvalue weighted by atomic mass is 16.3. The first kappa shape index (κ1) is 17.6. The Morgan fingerprint density at radius 1 is 0.962 bits per heavy atom. The van der Waals surface area contributed by atoms with E-state index in [1.165, 1.54) is 65.0 Å². The van der Waals surface area contributed by atoms with Gasteiger partial charge in [-0.2, -0.15) is 0 Å². The summed E-state index contributed by atoms with van der Waals surface area (Å²) in [5.74, 6) is 0. The summed E-state index contributed by atoms with van der Waals surface area (Å²) < 4.78 is 2.29. The lowest BCUT2D eigenvalue weighted by Gasteiger charge is -2.24. The molecule has 0 aliphatic heterocycles. The SMILES string of the molecule is Cc1ccc2c(c1)c1cc(C)ccc1n2CC(O)CNC1CCCCC1. The molecular weight excluding hydrogens is 320 g/mol. The summed E-state index contributed by atoms with van der Waals surface area (Å²) in [5.41, 5.74) is 4.98. The van der Waals surface area contributed by atoms with Crippen molar-refractivity contribution in [1.29, 1.82) is 0 Å². The van der Waals surface area contributed by atoms with Gasteiger partial charge in [0.15, 0.2) is 0 Å². The number of nitrogens with zero attached hydrogens (tertiary/aromatic N) is 1. The van der Waals surface area contributed by atoms with E-state index in [4.69, 9.17) is 0 Å². The van der Waals surface area contributed by atoms with E-state index < -0.39 is 0 Å². The maximum atomic E-state index is 10.7. The Labute approximate surface area is 156 Å². The van der Waals surface area contributed by atoms with Crippen molar-refractivity contribution in [2.75, 3.05) is 6.54 Å². The Kier molecular flexibility index (Phi) is 5.01. The molecule has 0 amide bonds. The van der Waals surface area contributed by atoms with Crippen LogP contribution in [-0.2, 0) is 6.54 Å². The molecule has 1 unspecified atom stereocenters. The highest BCUT2D eigenvalue weighted by Crippen LogP contribution is 2.30. The second-order valence-electron chi connectivity index (χ2n) is 8.05. The number of nitrogens with one attached hydrogen (secondary N) is 1. The lowest BCUT2D eigenvalue weighted by Crippen LogP contribution is -2.38. The highest BCUT2D eigenvalue weighted by Gasteiger charge is 2.17. The molecule has 1 atom stereocenters. The maximum Gasteiger partial charge on any atom is 0.0843 e. The van der Waals surface area contributed by atoms with Crippen LogP contribution in [0.2, 0.25) is 0 Å². The van der Waals surface area contributed by atoms with Crippen molar-refractivity contribution < 1.29 is 5.11 Å².